The molecule has 0 spiro atoms. The number of amides is 2. The van der Waals surface area contributed by atoms with Crippen molar-refractivity contribution < 1.29 is 9.59 Å². The van der Waals surface area contributed by atoms with Gasteiger partial charge in [-0.3, -0.25) is 9.59 Å². The third-order valence-corrected chi connectivity index (χ3v) is 7.58. The second-order valence-electron chi connectivity index (χ2n) is 10.8. The van der Waals surface area contributed by atoms with E-state index in [2.05, 4.69) is 61.9 Å². The summed E-state index contributed by atoms with van der Waals surface area (Å²) in [6.45, 7) is 6.19. The van der Waals surface area contributed by atoms with Crippen LogP contribution >= 0.6 is 24.8 Å². The van der Waals surface area contributed by atoms with Crippen molar-refractivity contribution in [3.8, 4) is 11.3 Å². The van der Waals surface area contributed by atoms with Crippen LogP contribution in [0.5, 0.6) is 0 Å². The summed E-state index contributed by atoms with van der Waals surface area (Å²) in [6, 6.07) is 20.2. The lowest BCUT2D eigenvalue weighted by Crippen LogP contribution is -2.49. The summed E-state index contributed by atoms with van der Waals surface area (Å²) in [4.78, 5) is 37.3. The summed E-state index contributed by atoms with van der Waals surface area (Å²) in [5.74, 6) is 0.777. The topological polar surface area (TPSA) is 73.7 Å². The zero-order valence-electron chi connectivity index (χ0n) is 24.7. The van der Waals surface area contributed by atoms with Gasteiger partial charge in [0.2, 0.25) is 0 Å². The maximum absolute atomic E-state index is 14.1. The van der Waals surface area contributed by atoms with Crippen LogP contribution in [-0.2, 0) is 7.05 Å². The minimum absolute atomic E-state index is 0. The van der Waals surface area contributed by atoms with Gasteiger partial charge >= 0.3 is 0 Å². The first-order valence-electron chi connectivity index (χ1n) is 13.9. The van der Waals surface area contributed by atoms with E-state index in [1.54, 1.807) is 6.20 Å². The number of halogens is 2. The lowest BCUT2D eigenvalue weighted by molar-refractivity contribution is 0.0748. The molecule has 0 unspecified atom stereocenters. The molecule has 2 aromatic heterocycles. The van der Waals surface area contributed by atoms with Gasteiger partial charge in [0, 0.05) is 56.9 Å². The largest absolute Gasteiger partial charge is 0.353 e. The van der Waals surface area contributed by atoms with E-state index < -0.39 is 0 Å². The van der Waals surface area contributed by atoms with Gasteiger partial charge in [-0.1, -0.05) is 42.0 Å². The van der Waals surface area contributed by atoms with Crippen LogP contribution in [0.1, 0.15) is 32.7 Å². The molecule has 4 aromatic rings. The van der Waals surface area contributed by atoms with Crippen LogP contribution in [0.4, 0.5) is 5.82 Å². The fraction of sp³-hybridized carbons (Fsp3) is 0.344. The number of carbonyl (C=O) groups excluding carboxylic acids is 2. The quantitative estimate of drug-likeness (QED) is 0.283. The van der Waals surface area contributed by atoms with Gasteiger partial charge in [-0.05, 0) is 63.8 Å². The summed E-state index contributed by atoms with van der Waals surface area (Å²) in [5.41, 5.74) is 5.49. The maximum Gasteiger partial charge on any atom is 0.256 e. The molecule has 0 atom stereocenters. The zero-order valence-corrected chi connectivity index (χ0v) is 26.3. The zero-order chi connectivity index (χ0) is 28.2. The Morgan fingerprint density at radius 3 is 2.31 bits per heavy atom. The lowest BCUT2D eigenvalue weighted by Gasteiger charge is -2.35. The van der Waals surface area contributed by atoms with Crippen LogP contribution in [0, 0.1) is 6.92 Å². The van der Waals surface area contributed by atoms with E-state index in [1.165, 1.54) is 0 Å². The number of rotatable bonds is 8. The number of benzene rings is 2. The minimum atomic E-state index is -0.104. The van der Waals surface area contributed by atoms with Gasteiger partial charge in [0.25, 0.3) is 11.8 Å². The molecule has 8 nitrogen and oxygen atoms in total. The molecule has 1 fully saturated rings. The van der Waals surface area contributed by atoms with E-state index in [1.807, 2.05) is 56.4 Å². The van der Waals surface area contributed by atoms with Gasteiger partial charge in [-0.2, -0.15) is 0 Å². The molecule has 2 aromatic carbocycles. The Balaban J connectivity index is 0.00000242. The molecule has 0 saturated carbocycles. The predicted molar refractivity (Wildman–Crippen MR) is 175 cm³/mol. The van der Waals surface area contributed by atoms with Crippen molar-refractivity contribution in [1.82, 2.24) is 24.7 Å². The summed E-state index contributed by atoms with van der Waals surface area (Å²) in [6.07, 6.45) is 2.54. The van der Waals surface area contributed by atoms with E-state index in [0.29, 0.717) is 38.3 Å². The smallest absolute Gasteiger partial charge is 0.256 e. The van der Waals surface area contributed by atoms with Gasteiger partial charge in [-0.15, -0.1) is 24.8 Å². The number of nitrogens with zero attached hydrogens (tertiary/aromatic N) is 5. The first-order chi connectivity index (χ1) is 19.3. The van der Waals surface area contributed by atoms with Crippen LogP contribution in [0.3, 0.4) is 0 Å². The number of carbonyl (C=O) groups is 2. The number of fused-ring (bicyclic) bond motifs is 1. The number of hydrogen-bond acceptors (Lipinski definition) is 5. The fourth-order valence-electron chi connectivity index (χ4n) is 5.41. The molecule has 1 aliphatic rings. The van der Waals surface area contributed by atoms with Gasteiger partial charge < -0.3 is 24.6 Å². The molecule has 0 aliphatic carbocycles. The number of nitrogens with one attached hydrogen (secondary N) is 1. The van der Waals surface area contributed by atoms with Crippen molar-refractivity contribution in [2.45, 2.75) is 13.3 Å². The first kappa shape index (κ1) is 32.9. The molecule has 3 heterocycles. The average molecular weight is 612 g/mol. The minimum Gasteiger partial charge on any atom is -0.353 e. The highest BCUT2D eigenvalue weighted by Gasteiger charge is 2.29. The molecular formula is C32H40Cl2N6O2. The number of hydrogen-bond donors (Lipinski definition) is 1. The molecule has 2 amide bonds. The number of aryl methyl sites for hydroxylation is 2. The second kappa shape index (κ2) is 14.5. The Bertz CT molecular complexity index is 1500. The lowest BCUT2D eigenvalue weighted by atomic mass is 10.0. The summed E-state index contributed by atoms with van der Waals surface area (Å²) < 4.78 is 2.14. The number of piperazine rings is 1. The molecule has 42 heavy (non-hydrogen) atoms. The first-order valence-corrected chi connectivity index (χ1v) is 13.9. The molecule has 1 saturated heterocycles. The Labute approximate surface area is 260 Å². The predicted octanol–water partition coefficient (Wildman–Crippen LogP) is 5.04. The number of aromatic nitrogens is 2. The molecule has 10 heteroatoms. The molecular weight excluding hydrogens is 571 g/mol. The van der Waals surface area contributed by atoms with Crippen molar-refractivity contribution in [2.24, 2.45) is 7.05 Å². The van der Waals surface area contributed by atoms with Gasteiger partial charge in [0.05, 0.1) is 16.8 Å². The van der Waals surface area contributed by atoms with Crippen LogP contribution in [-0.4, -0.2) is 84.5 Å². The highest BCUT2D eigenvalue weighted by molar-refractivity contribution is 6.13. The maximum atomic E-state index is 14.1. The molecule has 1 N–H and O–H groups in total. The van der Waals surface area contributed by atoms with Crippen molar-refractivity contribution in [3.63, 3.8) is 0 Å². The van der Waals surface area contributed by atoms with Crippen molar-refractivity contribution in [3.05, 3.63) is 83.6 Å². The van der Waals surface area contributed by atoms with Gasteiger partial charge in [0.15, 0.2) is 0 Å². The normalized spacial score (nSPS) is 13.1. The Kier molecular flexibility index (Phi) is 11.4. The Morgan fingerprint density at radius 1 is 0.952 bits per heavy atom. The van der Waals surface area contributed by atoms with Crippen molar-refractivity contribution >= 4 is 53.3 Å². The van der Waals surface area contributed by atoms with E-state index in [9.17, 15) is 9.59 Å². The standard InChI is InChI=1S/C32H38N6O2.2ClH/c1-23-11-13-27-26(21-23)29(30(36(27)4)24-9-6-5-7-10-24)32(40)38-19-17-37(18-20-38)28-14-12-25(22-34-28)31(39)33-15-8-16-35(2)3;;/h5-7,9-14,21-22H,8,15-20H2,1-4H3,(H,33,39);2*1H. The van der Waals surface area contributed by atoms with Crippen LogP contribution in [0.15, 0.2) is 66.9 Å². The number of anilines is 1. The fourth-order valence-corrected chi connectivity index (χ4v) is 5.41. The van der Waals surface area contributed by atoms with Gasteiger partial charge in [0.1, 0.15) is 5.82 Å². The van der Waals surface area contributed by atoms with E-state index in [0.717, 1.165) is 52.1 Å². The molecule has 1 aliphatic heterocycles. The SMILES string of the molecule is Cc1ccc2c(c1)c(C(=O)N1CCN(c3ccc(C(=O)NCCCN(C)C)cn3)CC1)c(-c1ccccc1)n2C.Cl.Cl. The number of pyridine rings is 1. The van der Waals surface area contributed by atoms with Crippen LogP contribution in [0.2, 0.25) is 0 Å². The molecule has 0 radical (unpaired) electrons. The van der Waals surface area contributed by atoms with E-state index in [4.69, 9.17) is 0 Å². The summed E-state index contributed by atoms with van der Waals surface area (Å²) in [5, 5.41) is 3.95. The average Bonchev–Trinajstić information content (AvgIpc) is 3.26. The highest BCUT2D eigenvalue weighted by Crippen LogP contribution is 2.35. The van der Waals surface area contributed by atoms with E-state index in [-0.39, 0.29) is 36.6 Å². The van der Waals surface area contributed by atoms with Gasteiger partial charge in [-0.25, -0.2) is 4.98 Å². The molecule has 0 bridgehead atoms. The van der Waals surface area contributed by atoms with E-state index >= 15 is 0 Å². The molecule has 5 rings (SSSR count). The second-order valence-corrected chi connectivity index (χ2v) is 10.8. The summed E-state index contributed by atoms with van der Waals surface area (Å²) >= 11 is 0. The third kappa shape index (κ3) is 7.06. The molecule has 224 valence electrons. The van der Waals surface area contributed by atoms with Crippen molar-refractivity contribution in [1.29, 1.82) is 0 Å². The van der Waals surface area contributed by atoms with Crippen LogP contribution in [0.25, 0.3) is 22.2 Å². The van der Waals surface area contributed by atoms with Crippen molar-refractivity contribution in [2.75, 3.05) is 58.3 Å². The Morgan fingerprint density at radius 2 is 1.67 bits per heavy atom. The Hall–Kier alpha value is -3.59. The monoisotopic (exact) mass is 610 g/mol. The van der Waals surface area contributed by atoms with Crippen LogP contribution < -0.4 is 10.2 Å². The summed E-state index contributed by atoms with van der Waals surface area (Å²) in [7, 11) is 6.08. The third-order valence-electron chi connectivity index (χ3n) is 7.58. The highest BCUT2D eigenvalue weighted by atomic mass is 35.5.